The van der Waals surface area contributed by atoms with Gasteiger partial charge in [-0.25, -0.2) is 4.79 Å². The van der Waals surface area contributed by atoms with Crippen LogP contribution in [0.25, 0.3) is 0 Å². The molecule has 0 aromatic heterocycles. The van der Waals surface area contributed by atoms with E-state index in [0.717, 1.165) is 50.8 Å². The van der Waals surface area contributed by atoms with Gasteiger partial charge in [-0.05, 0) is 63.9 Å². The first-order valence-electron chi connectivity index (χ1n) is 13.9. The van der Waals surface area contributed by atoms with Crippen LogP contribution >= 0.6 is 0 Å². The van der Waals surface area contributed by atoms with E-state index in [9.17, 15) is 9.59 Å². The molecule has 8 heteroatoms. The predicted molar refractivity (Wildman–Crippen MR) is 141 cm³/mol. The van der Waals surface area contributed by atoms with E-state index in [0.29, 0.717) is 50.8 Å². The lowest BCUT2D eigenvalue weighted by Gasteiger charge is -2.33. The van der Waals surface area contributed by atoms with Crippen molar-refractivity contribution in [2.45, 2.75) is 84.3 Å². The minimum atomic E-state index is -0.640. The quantitative estimate of drug-likeness (QED) is 0.363. The van der Waals surface area contributed by atoms with Crippen LogP contribution in [0.2, 0.25) is 0 Å². The molecule has 2 amide bonds. The number of likely N-dealkylation sites (tertiary alicyclic amines) is 1. The highest BCUT2D eigenvalue weighted by atomic mass is 16.6. The number of nitrogens with zero attached hydrogens (tertiary/aromatic N) is 2. The summed E-state index contributed by atoms with van der Waals surface area (Å²) in [6.07, 6.45) is 7.22. The standard InChI is InChI=1S/C28H45N3O5/c1-4-7-8-9-10-13-26(32)29-23(21-30-16-11-12-17-30)27(36-28(33)31(5-2)6-3)22-14-15-24-25(20-22)35-19-18-34-24/h14-15,20,23,27H,4-13,16-19,21H2,1-3H3,(H,29,32)/t23-,27-/m1/s1. The van der Waals surface area contributed by atoms with Crippen molar-refractivity contribution in [3.8, 4) is 11.5 Å². The maximum atomic E-state index is 13.1. The first-order valence-corrected chi connectivity index (χ1v) is 13.9. The Balaban J connectivity index is 1.83. The third kappa shape index (κ3) is 8.29. The number of nitrogens with one attached hydrogen (secondary N) is 1. The molecule has 0 saturated carbocycles. The minimum absolute atomic E-state index is 0.0112. The first-order chi connectivity index (χ1) is 17.5. The van der Waals surface area contributed by atoms with Gasteiger partial charge in [-0.3, -0.25) is 4.79 Å². The molecule has 0 spiro atoms. The summed E-state index contributed by atoms with van der Waals surface area (Å²) in [6, 6.07) is 5.31. The van der Waals surface area contributed by atoms with Gasteiger partial charge in [0, 0.05) is 26.1 Å². The molecule has 2 atom stereocenters. The van der Waals surface area contributed by atoms with Gasteiger partial charge >= 0.3 is 6.09 Å². The molecule has 2 aliphatic rings. The van der Waals surface area contributed by atoms with Crippen LogP contribution in [0.3, 0.4) is 0 Å². The number of amides is 2. The van der Waals surface area contributed by atoms with E-state index in [1.807, 2.05) is 32.0 Å². The average Bonchev–Trinajstić information content (AvgIpc) is 3.40. The average molecular weight is 504 g/mol. The third-order valence-electron chi connectivity index (χ3n) is 7.02. The Labute approximate surface area is 216 Å². The van der Waals surface area contributed by atoms with Gasteiger partial charge in [0.1, 0.15) is 13.2 Å². The molecule has 1 N–H and O–H groups in total. The SMILES string of the molecule is CCCCCCCC(=O)N[C@H](CN1CCCC1)[C@H](OC(=O)N(CC)CC)c1ccc2c(c1)OCCO2. The van der Waals surface area contributed by atoms with Crippen LogP contribution in [0.4, 0.5) is 4.79 Å². The summed E-state index contributed by atoms with van der Waals surface area (Å²) >= 11 is 0. The molecule has 2 heterocycles. The highest BCUT2D eigenvalue weighted by Crippen LogP contribution is 2.35. The summed E-state index contributed by atoms with van der Waals surface area (Å²) in [5.74, 6) is 1.34. The zero-order chi connectivity index (χ0) is 25.8. The van der Waals surface area contributed by atoms with Crippen molar-refractivity contribution in [2.75, 3.05) is 45.9 Å². The van der Waals surface area contributed by atoms with Gasteiger partial charge < -0.3 is 29.3 Å². The van der Waals surface area contributed by atoms with Crippen LogP contribution in [-0.4, -0.2) is 73.8 Å². The molecule has 1 fully saturated rings. The maximum absolute atomic E-state index is 13.1. The Morgan fingerprint density at radius 2 is 1.69 bits per heavy atom. The van der Waals surface area contributed by atoms with Gasteiger partial charge in [0.15, 0.2) is 17.6 Å². The summed E-state index contributed by atoms with van der Waals surface area (Å²) in [7, 11) is 0. The van der Waals surface area contributed by atoms with Crippen molar-refractivity contribution < 1.29 is 23.8 Å². The molecule has 3 rings (SSSR count). The molecule has 0 bridgehead atoms. The number of unbranched alkanes of at least 4 members (excludes halogenated alkanes) is 4. The van der Waals surface area contributed by atoms with Gasteiger partial charge in [-0.15, -0.1) is 0 Å². The van der Waals surface area contributed by atoms with Gasteiger partial charge in [0.2, 0.25) is 5.91 Å². The van der Waals surface area contributed by atoms with Crippen LogP contribution in [0.5, 0.6) is 11.5 Å². The number of carbonyl (C=O) groups excluding carboxylic acids is 2. The highest BCUT2D eigenvalue weighted by Gasteiger charge is 2.33. The second kappa shape index (κ2) is 14.9. The summed E-state index contributed by atoms with van der Waals surface area (Å²) in [4.78, 5) is 30.1. The zero-order valence-electron chi connectivity index (χ0n) is 22.4. The highest BCUT2D eigenvalue weighted by molar-refractivity contribution is 5.76. The summed E-state index contributed by atoms with van der Waals surface area (Å²) < 4.78 is 17.7. The Morgan fingerprint density at radius 3 is 2.39 bits per heavy atom. The van der Waals surface area contributed by atoms with E-state index in [-0.39, 0.29) is 18.0 Å². The number of ether oxygens (including phenoxy) is 3. The smallest absolute Gasteiger partial charge is 0.410 e. The van der Waals surface area contributed by atoms with Crippen molar-refractivity contribution in [1.82, 2.24) is 15.1 Å². The fraction of sp³-hybridized carbons (Fsp3) is 0.714. The lowest BCUT2D eigenvalue weighted by molar-refractivity contribution is -0.123. The Kier molecular flexibility index (Phi) is 11.7. The van der Waals surface area contributed by atoms with E-state index in [4.69, 9.17) is 14.2 Å². The molecular formula is C28H45N3O5. The number of rotatable bonds is 14. The Bertz CT molecular complexity index is 823. The number of carbonyl (C=O) groups is 2. The number of hydrogen-bond acceptors (Lipinski definition) is 6. The zero-order valence-corrected chi connectivity index (χ0v) is 22.4. The van der Waals surface area contributed by atoms with Crippen molar-refractivity contribution in [2.24, 2.45) is 0 Å². The van der Waals surface area contributed by atoms with Crippen molar-refractivity contribution in [3.63, 3.8) is 0 Å². The first kappa shape index (κ1) is 28.1. The van der Waals surface area contributed by atoms with Crippen LogP contribution in [0, 0.1) is 0 Å². The van der Waals surface area contributed by atoms with Gasteiger partial charge in [0.05, 0.1) is 6.04 Å². The second-order valence-electron chi connectivity index (χ2n) is 9.73. The second-order valence-corrected chi connectivity index (χ2v) is 9.73. The van der Waals surface area contributed by atoms with Crippen molar-refractivity contribution in [1.29, 1.82) is 0 Å². The number of fused-ring (bicyclic) bond motifs is 1. The van der Waals surface area contributed by atoms with E-state index in [1.165, 1.54) is 12.8 Å². The number of benzene rings is 1. The monoisotopic (exact) mass is 503 g/mol. The van der Waals surface area contributed by atoms with Crippen molar-refractivity contribution in [3.05, 3.63) is 23.8 Å². The van der Waals surface area contributed by atoms with Crippen LogP contribution in [-0.2, 0) is 9.53 Å². The lowest BCUT2D eigenvalue weighted by atomic mass is 10.00. The van der Waals surface area contributed by atoms with Gasteiger partial charge in [-0.1, -0.05) is 38.7 Å². The topological polar surface area (TPSA) is 80.3 Å². The largest absolute Gasteiger partial charge is 0.486 e. The van der Waals surface area contributed by atoms with Crippen LogP contribution < -0.4 is 14.8 Å². The molecule has 1 saturated heterocycles. The lowest BCUT2D eigenvalue weighted by Crippen LogP contribution is -2.48. The molecule has 1 aromatic rings. The summed E-state index contributed by atoms with van der Waals surface area (Å²) in [5.41, 5.74) is 0.798. The fourth-order valence-electron chi connectivity index (χ4n) is 4.91. The molecule has 36 heavy (non-hydrogen) atoms. The Morgan fingerprint density at radius 1 is 1.00 bits per heavy atom. The molecule has 2 aliphatic heterocycles. The van der Waals surface area contributed by atoms with E-state index in [2.05, 4.69) is 17.1 Å². The third-order valence-corrected chi connectivity index (χ3v) is 7.02. The van der Waals surface area contributed by atoms with Crippen LogP contribution in [0.1, 0.15) is 83.8 Å². The molecule has 1 aromatic carbocycles. The molecule has 0 aliphatic carbocycles. The molecule has 0 unspecified atom stereocenters. The molecule has 0 radical (unpaired) electrons. The van der Waals surface area contributed by atoms with E-state index in [1.54, 1.807) is 4.90 Å². The van der Waals surface area contributed by atoms with Gasteiger partial charge in [-0.2, -0.15) is 0 Å². The Hall–Kier alpha value is -2.48. The number of hydrogen-bond donors (Lipinski definition) is 1. The normalized spacial score (nSPS) is 16.9. The maximum Gasteiger partial charge on any atom is 0.410 e. The summed E-state index contributed by atoms with van der Waals surface area (Å²) in [5, 5.41) is 3.25. The van der Waals surface area contributed by atoms with E-state index >= 15 is 0 Å². The fourth-order valence-corrected chi connectivity index (χ4v) is 4.91. The van der Waals surface area contributed by atoms with E-state index < -0.39 is 6.10 Å². The molecule has 202 valence electrons. The summed E-state index contributed by atoms with van der Waals surface area (Å²) in [6.45, 7) is 10.8. The van der Waals surface area contributed by atoms with Crippen molar-refractivity contribution >= 4 is 12.0 Å². The molecule has 8 nitrogen and oxygen atoms in total. The predicted octanol–water partition coefficient (Wildman–Crippen LogP) is 4.92. The van der Waals surface area contributed by atoms with Gasteiger partial charge in [0.25, 0.3) is 0 Å². The minimum Gasteiger partial charge on any atom is -0.486 e. The molecular weight excluding hydrogens is 458 g/mol. The van der Waals surface area contributed by atoms with Crippen LogP contribution in [0.15, 0.2) is 18.2 Å².